The molecule has 3 aromatic rings. The number of aryl methyl sites for hydroxylation is 1. The van der Waals surface area contributed by atoms with Gasteiger partial charge in [-0.25, -0.2) is 4.98 Å². The van der Waals surface area contributed by atoms with Crippen molar-refractivity contribution < 1.29 is 16.5 Å². The van der Waals surface area contributed by atoms with Gasteiger partial charge < -0.3 is 17.3 Å². The number of ether oxygens (including phenoxy) is 2. The largest absolute Gasteiger partial charge is 2.00 e. The molecule has 1 atom stereocenters. The van der Waals surface area contributed by atoms with E-state index in [1.165, 1.54) is 0 Å². The maximum atomic E-state index is 12.7. The first-order valence-corrected chi connectivity index (χ1v) is 8.76. The van der Waals surface area contributed by atoms with E-state index in [1.807, 2.05) is 32.0 Å². The molecule has 1 N–H and O–H groups in total. The van der Waals surface area contributed by atoms with E-state index in [-0.39, 0.29) is 57.5 Å². The van der Waals surface area contributed by atoms with Crippen LogP contribution in [-0.4, -0.2) is 82.3 Å². The Kier molecular flexibility index (Phi) is 7.12. The molecule has 0 fully saturated rings. The van der Waals surface area contributed by atoms with E-state index < -0.39 is 10.8 Å². The third kappa shape index (κ3) is 4.29. The summed E-state index contributed by atoms with van der Waals surface area (Å²) < 4.78 is 23.3. The number of fused-ring (bicyclic) bond motifs is 1. The van der Waals surface area contributed by atoms with E-state index in [9.17, 15) is 4.21 Å². The quantitative estimate of drug-likeness (QED) is 0.564. The molecule has 25 heavy (non-hydrogen) atoms. The Morgan fingerprint density at radius 2 is 2.00 bits per heavy atom. The van der Waals surface area contributed by atoms with E-state index in [0.717, 1.165) is 39.4 Å². The van der Waals surface area contributed by atoms with Gasteiger partial charge in [-0.3, -0.25) is 9.19 Å². The van der Waals surface area contributed by atoms with Crippen molar-refractivity contribution in [1.29, 1.82) is 0 Å². The zero-order valence-electron chi connectivity index (χ0n) is 16.8. The fraction of sp³-hybridized carbons (Fsp3) is 0.294. The molecule has 1 unspecified atom stereocenters. The monoisotopic (exact) mass is 485 g/mol. The Morgan fingerprint density at radius 1 is 1.24 bits per heavy atom. The molecule has 130 valence electrons. The number of methoxy groups -OCH3 is 2. The first kappa shape index (κ1) is 20.5. The van der Waals surface area contributed by atoms with Crippen molar-refractivity contribution in [1.82, 2.24) is 15.0 Å². The Hall–Kier alpha value is -0.839. The predicted octanol–water partition coefficient (Wildman–Crippen LogP) is 2.74. The van der Waals surface area contributed by atoms with E-state index >= 15 is 0 Å². The Balaban J connectivity index is 0.00000225. The average molecular weight is 485 g/mol. The molecular formula is C17H21BaN3O3S. The van der Waals surface area contributed by atoms with Gasteiger partial charge in [-0.05, 0) is 26.0 Å². The summed E-state index contributed by atoms with van der Waals surface area (Å²) in [4.78, 5) is 11.9. The van der Waals surface area contributed by atoms with E-state index in [1.54, 1.807) is 20.4 Å². The normalized spacial score (nSPS) is 11.8. The molecule has 3 rings (SSSR count). The predicted molar refractivity (Wildman–Crippen MR) is 101 cm³/mol. The minimum atomic E-state index is -1.33. The van der Waals surface area contributed by atoms with Crippen LogP contribution in [0.1, 0.15) is 19.7 Å². The summed E-state index contributed by atoms with van der Waals surface area (Å²) in [6, 6.07) is 5.50. The van der Waals surface area contributed by atoms with E-state index in [4.69, 9.17) is 9.47 Å². The summed E-state index contributed by atoms with van der Waals surface area (Å²) in [7, 11) is 1.91. The van der Waals surface area contributed by atoms with Crippen LogP contribution in [0, 0.1) is 13.8 Å². The van der Waals surface area contributed by atoms with Gasteiger partial charge in [0, 0.05) is 23.4 Å². The zero-order chi connectivity index (χ0) is 17.3. The molecule has 8 heteroatoms. The van der Waals surface area contributed by atoms with Crippen LogP contribution in [0.4, 0.5) is 0 Å². The number of H-pyrrole nitrogens is 1. The number of nitrogens with zero attached hydrogens (tertiary/aromatic N) is 2. The molecule has 0 spiro atoms. The first-order valence-electron chi connectivity index (χ1n) is 7.44. The Morgan fingerprint density at radius 3 is 2.68 bits per heavy atom. The number of nitrogens with one attached hydrogen (secondary N) is 1. The van der Waals surface area contributed by atoms with Crippen molar-refractivity contribution in [2.45, 2.75) is 24.8 Å². The number of benzene rings is 1. The number of pyridine rings is 1. The summed E-state index contributed by atoms with van der Waals surface area (Å²) in [5, 5.41) is 0.430. The second-order valence-corrected chi connectivity index (χ2v) is 6.83. The summed E-state index contributed by atoms with van der Waals surface area (Å²) in [6.45, 7) is 3.86. The fourth-order valence-electron chi connectivity index (χ4n) is 2.61. The summed E-state index contributed by atoms with van der Waals surface area (Å²) in [6.07, 6.45) is 1.74. The minimum Gasteiger partial charge on any atom is -1.00 e. The first-order chi connectivity index (χ1) is 11.5. The molecule has 0 saturated heterocycles. The SMILES string of the molecule is COc1ccc2nc(S(=O)Cc3ncc(C)c(OC)c3C)[nH]c2c1.[Ba+2].[H-].[H-]. The van der Waals surface area contributed by atoms with Gasteiger partial charge in [-0.1, -0.05) is 0 Å². The van der Waals surface area contributed by atoms with Crippen LogP contribution in [-0.2, 0) is 16.6 Å². The van der Waals surface area contributed by atoms with Gasteiger partial charge in [-0.15, -0.1) is 0 Å². The third-order valence-electron chi connectivity index (χ3n) is 3.90. The number of imidazole rings is 1. The molecule has 0 bridgehead atoms. The molecule has 6 nitrogen and oxygen atoms in total. The maximum absolute atomic E-state index is 12.7. The van der Waals surface area contributed by atoms with Crippen molar-refractivity contribution in [2.24, 2.45) is 0 Å². The van der Waals surface area contributed by atoms with E-state index in [2.05, 4.69) is 15.0 Å². The summed E-state index contributed by atoms with van der Waals surface area (Å²) in [5.41, 5.74) is 4.16. The second kappa shape index (κ2) is 8.70. The molecular weight excluding hydrogens is 464 g/mol. The average Bonchev–Trinajstić information content (AvgIpc) is 3.01. The van der Waals surface area contributed by atoms with Crippen LogP contribution >= 0.6 is 0 Å². The van der Waals surface area contributed by atoms with Crippen molar-refractivity contribution in [3.8, 4) is 11.5 Å². The smallest absolute Gasteiger partial charge is 1.00 e. The van der Waals surface area contributed by atoms with Gasteiger partial charge in [-0.2, -0.15) is 0 Å². The number of aromatic amines is 1. The van der Waals surface area contributed by atoms with Crippen molar-refractivity contribution in [2.75, 3.05) is 14.2 Å². The molecule has 0 saturated carbocycles. The molecule has 2 aromatic heterocycles. The van der Waals surface area contributed by atoms with Gasteiger partial charge in [0.1, 0.15) is 11.5 Å². The minimum absolute atomic E-state index is 0. The van der Waals surface area contributed by atoms with E-state index in [0.29, 0.717) is 5.16 Å². The maximum Gasteiger partial charge on any atom is 2.00 e. The number of hydrogen-bond acceptors (Lipinski definition) is 5. The third-order valence-corrected chi connectivity index (χ3v) is 5.06. The fourth-order valence-corrected chi connectivity index (χ4v) is 3.71. The number of aromatic nitrogens is 3. The zero-order valence-corrected chi connectivity index (χ0v) is 20.0. The molecule has 0 aliphatic heterocycles. The van der Waals surface area contributed by atoms with Gasteiger partial charge in [0.05, 0.1) is 47.5 Å². The number of rotatable bonds is 5. The van der Waals surface area contributed by atoms with Crippen molar-refractivity contribution >= 4 is 70.7 Å². The topological polar surface area (TPSA) is 77.1 Å². The van der Waals surface area contributed by atoms with Gasteiger partial charge in [0.2, 0.25) is 0 Å². The second-order valence-electron chi connectivity index (χ2n) is 5.46. The van der Waals surface area contributed by atoms with Crippen LogP contribution in [0.25, 0.3) is 11.0 Å². The number of hydrogen-bond donors (Lipinski definition) is 1. The van der Waals surface area contributed by atoms with Crippen molar-refractivity contribution in [3.05, 3.63) is 41.2 Å². The van der Waals surface area contributed by atoms with Gasteiger partial charge in [0.25, 0.3) is 0 Å². The Labute approximate surface area is 192 Å². The molecule has 2 heterocycles. The van der Waals surface area contributed by atoms with Crippen LogP contribution < -0.4 is 9.47 Å². The molecule has 0 aliphatic rings. The van der Waals surface area contributed by atoms with Gasteiger partial charge in [0.15, 0.2) is 5.16 Å². The van der Waals surface area contributed by atoms with Crippen molar-refractivity contribution in [3.63, 3.8) is 0 Å². The molecule has 1 aromatic carbocycles. The molecule has 0 radical (unpaired) electrons. The van der Waals surface area contributed by atoms with Gasteiger partial charge >= 0.3 is 48.9 Å². The van der Waals surface area contributed by atoms with Crippen LogP contribution in [0.2, 0.25) is 0 Å². The Bertz CT molecular complexity index is 937. The summed E-state index contributed by atoms with van der Waals surface area (Å²) >= 11 is 0. The van der Waals surface area contributed by atoms with Crippen LogP contribution in [0.5, 0.6) is 11.5 Å². The summed E-state index contributed by atoms with van der Waals surface area (Å²) in [5.74, 6) is 1.79. The van der Waals surface area contributed by atoms with Crippen LogP contribution in [0.3, 0.4) is 0 Å². The van der Waals surface area contributed by atoms with Crippen LogP contribution in [0.15, 0.2) is 29.6 Å². The standard InChI is InChI=1S/C17H19N3O3S.Ba.2H/c1-10-8-18-15(11(2)16(10)23-4)9-24(21)17-19-13-6-5-12(22-3)7-14(13)20-17;;;/h5-8H,9H2,1-4H3,(H,19,20);;;/q;+2;2*-1. The molecule has 0 amide bonds. The molecule has 0 aliphatic carbocycles.